The van der Waals surface area contributed by atoms with Crippen LogP contribution in [0.4, 0.5) is 0 Å². The number of aromatic nitrogens is 2. The third-order valence-corrected chi connectivity index (χ3v) is 2.86. The Labute approximate surface area is 112 Å². The number of para-hydroxylation sites is 1. The lowest BCUT2D eigenvalue weighted by Gasteiger charge is -2.08. The number of aromatic amines is 1. The van der Waals surface area contributed by atoms with Gasteiger partial charge in [0.1, 0.15) is 5.75 Å². The fourth-order valence-electron chi connectivity index (χ4n) is 1.82. The predicted molar refractivity (Wildman–Crippen MR) is 71.7 cm³/mol. The summed E-state index contributed by atoms with van der Waals surface area (Å²) in [7, 11) is 1.64. The van der Waals surface area contributed by atoms with E-state index in [9.17, 15) is 4.79 Å². The molecule has 5 nitrogen and oxygen atoms in total. The molecule has 0 aliphatic carbocycles. The van der Waals surface area contributed by atoms with Crippen molar-refractivity contribution < 1.29 is 9.53 Å². The maximum Gasteiger partial charge on any atom is 0.220 e. The Hall–Kier alpha value is -2.30. The maximum atomic E-state index is 11.7. The number of nitrogens with one attached hydrogen (secondary N) is 2. The van der Waals surface area contributed by atoms with Gasteiger partial charge in [0.15, 0.2) is 0 Å². The van der Waals surface area contributed by atoms with Gasteiger partial charge < -0.3 is 10.1 Å². The highest BCUT2D eigenvalue weighted by molar-refractivity contribution is 5.76. The molecule has 100 valence electrons. The van der Waals surface area contributed by atoms with Crippen molar-refractivity contribution in [3.63, 3.8) is 0 Å². The minimum absolute atomic E-state index is 0.0205. The highest BCUT2D eigenvalue weighted by Gasteiger charge is 2.06. The van der Waals surface area contributed by atoms with Crippen LogP contribution in [0.25, 0.3) is 0 Å². The number of ether oxygens (including phenoxy) is 1. The fraction of sp³-hybridized carbons (Fsp3) is 0.286. The van der Waals surface area contributed by atoms with Crippen LogP contribution in [-0.4, -0.2) is 23.2 Å². The number of nitrogens with zero attached hydrogens (tertiary/aromatic N) is 1. The van der Waals surface area contributed by atoms with E-state index in [1.165, 1.54) is 0 Å². The van der Waals surface area contributed by atoms with Crippen molar-refractivity contribution in [1.29, 1.82) is 0 Å². The second-order valence-electron chi connectivity index (χ2n) is 4.20. The molecule has 0 unspecified atom stereocenters. The van der Waals surface area contributed by atoms with E-state index < -0.39 is 0 Å². The van der Waals surface area contributed by atoms with Gasteiger partial charge in [0, 0.05) is 24.7 Å². The van der Waals surface area contributed by atoms with Crippen molar-refractivity contribution in [1.82, 2.24) is 15.5 Å². The summed E-state index contributed by atoms with van der Waals surface area (Å²) < 4.78 is 5.25. The van der Waals surface area contributed by atoms with Gasteiger partial charge in [0.25, 0.3) is 0 Å². The van der Waals surface area contributed by atoms with Gasteiger partial charge >= 0.3 is 0 Å². The van der Waals surface area contributed by atoms with Crippen molar-refractivity contribution in [2.24, 2.45) is 0 Å². The normalized spacial score (nSPS) is 10.2. The second-order valence-corrected chi connectivity index (χ2v) is 4.20. The average Bonchev–Trinajstić information content (AvgIpc) is 2.96. The van der Waals surface area contributed by atoms with E-state index >= 15 is 0 Å². The molecule has 2 aromatic rings. The summed E-state index contributed by atoms with van der Waals surface area (Å²) >= 11 is 0. The molecule has 1 amide bonds. The maximum absolute atomic E-state index is 11.7. The SMILES string of the molecule is COc1ccccc1CCC(=O)NCc1cn[nH]c1. The first-order chi connectivity index (χ1) is 9.29. The number of amides is 1. The largest absolute Gasteiger partial charge is 0.496 e. The number of aryl methyl sites for hydroxylation is 1. The van der Waals surface area contributed by atoms with Crippen molar-refractivity contribution in [2.75, 3.05) is 7.11 Å². The molecule has 2 N–H and O–H groups in total. The Bertz CT molecular complexity index is 523. The number of hydrogen-bond acceptors (Lipinski definition) is 3. The van der Waals surface area contributed by atoms with Crippen LogP contribution in [0.2, 0.25) is 0 Å². The highest BCUT2D eigenvalue weighted by Crippen LogP contribution is 2.18. The molecule has 0 saturated heterocycles. The molecule has 0 bridgehead atoms. The van der Waals surface area contributed by atoms with E-state index in [0.29, 0.717) is 19.4 Å². The summed E-state index contributed by atoms with van der Waals surface area (Å²) in [5.41, 5.74) is 2.01. The van der Waals surface area contributed by atoms with E-state index in [0.717, 1.165) is 16.9 Å². The van der Waals surface area contributed by atoms with Gasteiger partial charge in [-0.25, -0.2) is 0 Å². The molecule has 1 aromatic carbocycles. The summed E-state index contributed by atoms with van der Waals surface area (Å²) in [5, 5.41) is 9.39. The first-order valence-electron chi connectivity index (χ1n) is 6.16. The van der Waals surface area contributed by atoms with Crippen LogP contribution in [0.15, 0.2) is 36.7 Å². The number of carbonyl (C=O) groups excluding carboxylic acids is 1. The zero-order valence-corrected chi connectivity index (χ0v) is 10.8. The molecular formula is C14H17N3O2. The Morgan fingerprint density at radius 1 is 1.42 bits per heavy atom. The Balaban J connectivity index is 1.80. The molecule has 5 heteroatoms. The van der Waals surface area contributed by atoms with Crippen molar-refractivity contribution >= 4 is 5.91 Å². The topological polar surface area (TPSA) is 67.0 Å². The van der Waals surface area contributed by atoms with Gasteiger partial charge in [-0.2, -0.15) is 5.10 Å². The summed E-state index contributed by atoms with van der Waals surface area (Å²) in [6.45, 7) is 0.501. The second kappa shape index (κ2) is 6.58. The molecule has 0 aliphatic rings. The molecule has 19 heavy (non-hydrogen) atoms. The van der Waals surface area contributed by atoms with Crippen LogP contribution in [0.5, 0.6) is 5.75 Å². The third kappa shape index (κ3) is 3.84. The Morgan fingerprint density at radius 2 is 2.26 bits per heavy atom. The van der Waals surface area contributed by atoms with Gasteiger partial charge in [0.05, 0.1) is 13.3 Å². The van der Waals surface area contributed by atoms with Gasteiger partial charge in [-0.05, 0) is 18.1 Å². The Kier molecular flexibility index (Phi) is 4.55. The zero-order valence-electron chi connectivity index (χ0n) is 10.8. The monoisotopic (exact) mass is 259 g/mol. The minimum Gasteiger partial charge on any atom is -0.496 e. The van der Waals surface area contributed by atoms with Crippen molar-refractivity contribution in [3.05, 3.63) is 47.8 Å². The number of rotatable bonds is 6. The quantitative estimate of drug-likeness (QED) is 0.829. The van der Waals surface area contributed by atoms with Gasteiger partial charge in [-0.1, -0.05) is 18.2 Å². The van der Waals surface area contributed by atoms with Gasteiger partial charge in [-0.15, -0.1) is 0 Å². The summed E-state index contributed by atoms with van der Waals surface area (Å²) in [6.07, 6.45) is 4.57. The lowest BCUT2D eigenvalue weighted by Crippen LogP contribution is -2.22. The molecule has 0 fully saturated rings. The van der Waals surface area contributed by atoms with Crippen LogP contribution in [-0.2, 0) is 17.8 Å². The number of methoxy groups -OCH3 is 1. The number of hydrogen-bond donors (Lipinski definition) is 2. The number of benzene rings is 1. The average molecular weight is 259 g/mol. The van der Waals surface area contributed by atoms with Gasteiger partial charge in [0.2, 0.25) is 5.91 Å². The Morgan fingerprint density at radius 3 is 3.00 bits per heavy atom. The molecule has 1 heterocycles. The summed E-state index contributed by atoms with van der Waals surface area (Å²) in [5.74, 6) is 0.845. The first-order valence-corrected chi connectivity index (χ1v) is 6.16. The third-order valence-electron chi connectivity index (χ3n) is 2.86. The van der Waals surface area contributed by atoms with Crippen LogP contribution in [0, 0.1) is 0 Å². The van der Waals surface area contributed by atoms with E-state index in [1.807, 2.05) is 24.3 Å². The lowest BCUT2D eigenvalue weighted by molar-refractivity contribution is -0.121. The van der Waals surface area contributed by atoms with E-state index in [4.69, 9.17) is 4.74 Å². The molecule has 2 rings (SSSR count). The van der Waals surface area contributed by atoms with Crippen LogP contribution >= 0.6 is 0 Å². The van der Waals surface area contributed by atoms with E-state index in [1.54, 1.807) is 19.5 Å². The molecule has 0 atom stereocenters. The summed E-state index contributed by atoms with van der Waals surface area (Å²) in [6, 6.07) is 7.74. The van der Waals surface area contributed by atoms with E-state index in [2.05, 4.69) is 15.5 Å². The molecule has 0 aliphatic heterocycles. The molecule has 1 aromatic heterocycles. The molecule has 0 saturated carbocycles. The standard InChI is InChI=1S/C14H17N3O2/c1-19-13-5-3-2-4-12(13)6-7-14(18)15-8-11-9-16-17-10-11/h2-5,9-10H,6-8H2,1H3,(H,15,18)(H,16,17). The number of carbonyl (C=O) groups is 1. The highest BCUT2D eigenvalue weighted by atomic mass is 16.5. The van der Waals surface area contributed by atoms with Crippen molar-refractivity contribution in [2.45, 2.75) is 19.4 Å². The van der Waals surface area contributed by atoms with Crippen LogP contribution < -0.4 is 10.1 Å². The zero-order chi connectivity index (χ0) is 13.5. The smallest absolute Gasteiger partial charge is 0.220 e. The molecule has 0 spiro atoms. The van der Waals surface area contributed by atoms with Crippen LogP contribution in [0.1, 0.15) is 17.5 Å². The number of H-pyrrole nitrogens is 1. The summed E-state index contributed by atoms with van der Waals surface area (Å²) in [4.78, 5) is 11.7. The minimum atomic E-state index is 0.0205. The van der Waals surface area contributed by atoms with Gasteiger partial charge in [-0.3, -0.25) is 9.89 Å². The predicted octanol–water partition coefficient (Wildman–Crippen LogP) is 1.67. The lowest BCUT2D eigenvalue weighted by atomic mass is 10.1. The van der Waals surface area contributed by atoms with Crippen molar-refractivity contribution in [3.8, 4) is 5.75 Å². The van der Waals surface area contributed by atoms with E-state index in [-0.39, 0.29) is 5.91 Å². The molecule has 0 radical (unpaired) electrons. The first kappa shape index (κ1) is 13.1. The van der Waals surface area contributed by atoms with Crippen LogP contribution in [0.3, 0.4) is 0 Å². The molecular weight excluding hydrogens is 242 g/mol. The fourth-order valence-corrected chi connectivity index (χ4v) is 1.82.